The van der Waals surface area contributed by atoms with Gasteiger partial charge in [-0.15, -0.1) is 0 Å². The summed E-state index contributed by atoms with van der Waals surface area (Å²) >= 11 is 0. The minimum Gasteiger partial charge on any atom is -0.462 e. The van der Waals surface area contributed by atoms with E-state index >= 15 is 0 Å². The molecule has 10 heteroatoms. The molecule has 0 aromatic rings. The van der Waals surface area contributed by atoms with E-state index in [1.165, 1.54) is 122 Å². The van der Waals surface area contributed by atoms with Gasteiger partial charge in [0.2, 0.25) is 0 Å². The highest BCUT2D eigenvalue weighted by Crippen LogP contribution is 2.43. The Balaban J connectivity index is 4.15. The van der Waals surface area contributed by atoms with Crippen LogP contribution in [0.4, 0.5) is 0 Å². The van der Waals surface area contributed by atoms with E-state index in [9.17, 15) is 19.0 Å². The Bertz CT molecular complexity index is 856. The summed E-state index contributed by atoms with van der Waals surface area (Å²) in [6.07, 6.45) is 38.1. The number of hydrogen-bond acceptors (Lipinski definition) is 8. The fraction of sp³-hybridized carbons (Fsp3) is 0.902. The maximum atomic E-state index is 12.6. The number of esters is 2. The first-order valence-corrected chi connectivity index (χ1v) is 22.7. The van der Waals surface area contributed by atoms with Crippen molar-refractivity contribution >= 4 is 19.8 Å². The van der Waals surface area contributed by atoms with E-state index in [0.717, 1.165) is 51.4 Å². The molecule has 0 aliphatic carbocycles. The van der Waals surface area contributed by atoms with Crippen LogP contribution in [0.15, 0.2) is 12.2 Å². The van der Waals surface area contributed by atoms with E-state index in [1.807, 2.05) is 0 Å². The number of ether oxygens (including phenoxy) is 2. The van der Waals surface area contributed by atoms with Gasteiger partial charge in [-0.1, -0.05) is 167 Å². The lowest BCUT2D eigenvalue weighted by atomic mass is 10.0. The highest BCUT2D eigenvalue weighted by atomic mass is 31.2. The van der Waals surface area contributed by atoms with Gasteiger partial charge in [-0.05, 0) is 38.5 Å². The first-order valence-electron chi connectivity index (χ1n) is 21.2. The third-order valence-corrected chi connectivity index (χ3v) is 10.1. The molecule has 0 bridgehead atoms. The molecule has 0 heterocycles. The minimum absolute atomic E-state index is 0.0548. The minimum atomic E-state index is -4.37. The number of hydrogen-bond donors (Lipinski definition) is 2. The number of carbonyl (C=O) groups is 2. The molecule has 2 atom stereocenters. The van der Waals surface area contributed by atoms with Gasteiger partial charge >= 0.3 is 19.8 Å². The number of phosphoric acid groups is 1. The maximum absolute atomic E-state index is 12.6. The molecule has 302 valence electrons. The zero-order valence-corrected chi connectivity index (χ0v) is 34.0. The summed E-state index contributed by atoms with van der Waals surface area (Å²) in [7, 11) is -4.37. The van der Waals surface area contributed by atoms with Gasteiger partial charge in [-0.3, -0.25) is 18.6 Å². The molecule has 0 radical (unpaired) electrons. The second-order valence-electron chi connectivity index (χ2n) is 14.2. The molecule has 0 spiro atoms. The summed E-state index contributed by atoms with van der Waals surface area (Å²) in [5, 5.41) is 0. The Hall–Kier alpha value is -1.25. The summed E-state index contributed by atoms with van der Waals surface area (Å²) < 4.78 is 32.7. The van der Waals surface area contributed by atoms with Crippen molar-refractivity contribution in [2.45, 2.75) is 213 Å². The predicted molar refractivity (Wildman–Crippen MR) is 211 cm³/mol. The smallest absolute Gasteiger partial charge is 0.462 e. The molecule has 3 N–H and O–H groups in total. The molecule has 1 unspecified atom stereocenters. The third kappa shape index (κ3) is 38.3. The van der Waals surface area contributed by atoms with Gasteiger partial charge in [0.25, 0.3) is 0 Å². The van der Waals surface area contributed by atoms with Crippen molar-refractivity contribution in [2.24, 2.45) is 5.73 Å². The van der Waals surface area contributed by atoms with Gasteiger partial charge in [0, 0.05) is 19.4 Å². The van der Waals surface area contributed by atoms with Crippen LogP contribution in [0.2, 0.25) is 0 Å². The van der Waals surface area contributed by atoms with Crippen LogP contribution in [0.25, 0.3) is 0 Å². The molecule has 0 amide bonds. The van der Waals surface area contributed by atoms with Gasteiger partial charge < -0.3 is 20.1 Å². The third-order valence-electron chi connectivity index (χ3n) is 9.15. The number of rotatable bonds is 40. The maximum Gasteiger partial charge on any atom is 0.472 e. The van der Waals surface area contributed by atoms with E-state index in [4.69, 9.17) is 24.3 Å². The summed E-state index contributed by atoms with van der Waals surface area (Å²) in [5.74, 6) is -0.829. The lowest BCUT2D eigenvalue weighted by molar-refractivity contribution is -0.161. The number of phosphoric ester groups is 1. The van der Waals surface area contributed by atoms with E-state index < -0.39 is 26.5 Å². The Morgan fingerprint density at radius 3 is 1.39 bits per heavy atom. The zero-order valence-electron chi connectivity index (χ0n) is 33.1. The molecule has 0 aromatic carbocycles. The molecular formula is C41H80NO8P. The Labute approximate surface area is 313 Å². The molecule has 0 saturated carbocycles. The van der Waals surface area contributed by atoms with Crippen LogP contribution in [-0.2, 0) is 32.7 Å². The van der Waals surface area contributed by atoms with Crippen molar-refractivity contribution in [3.63, 3.8) is 0 Å². The van der Waals surface area contributed by atoms with Crippen molar-refractivity contribution < 1.29 is 37.6 Å². The van der Waals surface area contributed by atoms with Crippen LogP contribution in [-0.4, -0.2) is 49.3 Å². The van der Waals surface area contributed by atoms with Crippen LogP contribution in [0.5, 0.6) is 0 Å². The average molecular weight is 746 g/mol. The first-order chi connectivity index (χ1) is 24.8. The van der Waals surface area contributed by atoms with Gasteiger partial charge in [0.15, 0.2) is 6.10 Å². The summed E-state index contributed by atoms with van der Waals surface area (Å²) in [6.45, 7) is 3.74. The highest BCUT2D eigenvalue weighted by molar-refractivity contribution is 7.47. The zero-order chi connectivity index (χ0) is 37.5. The molecular weight excluding hydrogens is 665 g/mol. The van der Waals surface area contributed by atoms with Crippen LogP contribution in [0.3, 0.4) is 0 Å². The second-order valence-corrected chi connectivity index (χ2v) is 15.7. The number of nitrogens with two attached hydrogens (primary N) is 1. The van der Waals surface area contributed by atoms with Crippen molar-refractivity contribution in [1.82, 2.24) is 0 Å². The average Bonchev–Trinajstić information content (AvgIpc) is 3.11. The molecule has 0 saturated heterocycles. The predicted octanol–water partition coefficient (Wildman–Crippen LogP) is 11.8. The van der Waals surface area contributed by atoms with Crippen molar-refractivity contribution in [1.29, 1.82) is 0 Å². The van der Waals surface area contributed by atoms with Crippen LogP contribution < -0.4 is 5.73 Å². The highest BCUT2D eigenvalue weighted by Gasteiger charge is 2.26. The van der Waals surface area contributed by atoms with Crippen LogP contribution in [0.1, 0.15) is 206 Å². The molecule has 0 fully saturated rings. The monoisotopic (exact) mass is 746 g/mol. The summed E-state index contributed by atoms with van der Waals surface area (Å²) in [5.41, 5.74) is 5.34. The van der Waals surface area contributed by atoms with Crippen LogP contribution >= 0.6 is 7.82 Å². The Morgan fingerprint density at radius 1 is 0.569 bits per heavy atom. The van der Waals surface area contributed by atoms with E-state index in [2.05, 4.69) is 26.0 Å². The van der Waals surface area contributed by atoms with E-state index in [0.29, 0.717) is 6.42 Å². The molecule has 0 aliphatic heterocycles. The lowest BCUT2D eigenvalue weighted by Crippen LogP contribution is -2.29. The van der Waals surface area contributed by atoms with Gasteiger partial charge in [-0.2, -0.15) is 0 Å². The fourth-order valence-corrected chi connectivity index (χ4v) is 6.75. The number of carbonyl (C=O) groups excluding carboxylic acids is 2. The van der Waals surface area contributed by atoms with E-state index in [1.54, 1.807) is 0 Å². The van der Waals surface area contributed by atoms with Gasteiger partial charge in [0.1, 0.15) is 6.61 Å². The first kappa shape index (κ1) is 49.8. The standard InChI is InChI=1S/C41H80NO8P/c1-3-5-7-9-11-13-15-17-19-21-23-25-27-29-31-33-40(43)47-37-39(38-49-51(45,46)48-36-35-42)50-41(44)34-32-30-28-26-24-22-20-18-16-14-12-10-8-6-4-2/h18,20,39H,3-17,19,21-38,42H2,1-2H3,(H,45,46)/b20-18-/t39-/m1/s1. The fourth-order valence-electron chi connectivity index (χ4n) is 5.98. The molecule has 0 aromatic heterocycles. The normalized spacial score (nSPS) is 13.4. The van der Waals surface area contributed by atoms with Crippen molar-refractivity contribution in [2.75, 3.05) is 26.4 Å². The Kier molecular flexibility index (Phi) is 37.5. The summed E-state index contributed by atoms with van der Waals surface area (Å²) in [4.78, 5) is 34.8. The largest absolute Gasteiger partial charge is 0.472 e. The molecule has 51 heavy (non-hydrogen) atoms. The van der Waals surface area contributed by atoms with E-state index in [-0.39, 0.29) is 38.6 Å². The van der Waals surface area contributed by atoms with Crippen molar-refractivity contribution in [3.05, 3.63) is 12.2 Å². The van der Waals surface area contributed by atoms with Crippen molar-refractivity contribution in [3.8, 4) is 0 Å². The van der Waals surface area contributed by atoms with Gasteiger partial charge in [0.05, 0.1) is 13.2 Å². The van der Waals surface area contributed by atoms with Gasteiger partial charge in [-0.25, -0.2) is 4.57 Å². The second kappa shape index (κ2) is 38.5. The number of unbranched alkanes of at least 4 members (excludes halogenated alkanes) is 25. The lowest BCUT2D eigenvalue weighted by Gasteiger charge is -2.19. The quantitative estimate of drug-likeness (QED) is 0.0272. The molecule has 0 aliphatic rings. The molecule has 0 rings (SSSR count). The molecule has 9 nitrogen and oxygen atoms in total. The number of allylic oxidation sites excluding steroid dienone is 2. The van der Waals surface area contributed by atoms with Crippen LogP contribution in [0, 0.1) is 0 Å². The summed E-state index contributed by atoms with van der Waals surface area (Å²) in [6, 6.07) is 0. The SMILES string of the molecule is CCCCCCCC/C=C\CCCCCCCC(=O)O[C@H](COC(=O)CCCCCCCCCCCCCCCCC)COP(=O)(O)OCCN. The Morgan fingerprint density at radius 2 is 0.961 bits per heavy atom. The topological polar surface area (TPSA) is 134 Å².